The maximum Gasteiger partial charge on any atom is 0.410 e. The Morgan fingerprint density at radius 2 is 2.00 bits per heavy atom. The number of nitrogens with one attached hydrogen (secondary N) is 1. The van der Waals surface area contributed by atoms with E-state index in [0.717, 1.165) is 31.8 Å². The molecule has 4 heteroatoms. The van der Waals surface area contributed by atoms with Crippen molar-refractivity contribution < 1.29 is 9.53 Å². The first kappa shape index (κ1) is 15.6. The van der Waals surface area contributed by atoms with Gasteiger partial charge in [0.15, 0.2) is 0 Å². The van der Waals surface area contributed by atoms with Crippen LogP contribution in [0.4, 0.5) is 4.79 Å². The van der Waals surface area contributed by atoms with Gasteiger partial charge in [-0.15, -0.1) is 0 Å². The maximum absolute atomic E-state index is 12.1. The minimum atomic E-state index is -0.407. The number of hydrogen-bond acceptors (Lipinski definition) is 3. The number of likely N-dealkylation sites (tertiary alicyclic amines) is 1. The van der Waals surface area contributed by atoms with Gasteiger partial charge in [-0.05, 0) is 65.8 Å². The number of carbonyl (C=O) groups excluding carboxylic acids is 1. The highest BCUT2D eigenvalue weighted by atomic mass is 16.6. The molecule has 1 N–H and O–H groups in total. The molecule has 0 aromatic heterocycles. The summed E-state index contributed by atoms with van der Waals surface area (Å²) in [6.07, 6.45) is 6.09. The third-order valence-electron chi connectivity index (χ3n) is 4.42. The van der Waals surface area contributed by atoms with Gasteiger partial charge < -0.3 is 15.0 Å². The van der Waals surface area contributed by atoms with E-state index in [9.17, 15) is 4.79 Å². The van der Waals surface area contributed by atoms with Crippen molar-refractivity contribution in [2.24, 2.45) is 5.92 Å². The first-order chi connectivity index (χ1) is 9.35. The molecule has 4 nitrogen and oxygen atoms in total. The van der Waals surface area contributed by atoms with E-state index in [1.54, 1.807) is 0 Å². The zero-order chi connectivity index (χ0) is 14.8. The molecular formula is C16H30N2O2. The van der Waals surface area contributed by atoms with Gasteiger partial charge in [-0.2, -0.15) is 0 Å². The molecule has 0 aromatic rings. The number of amides is 1. The Hall–Kier alpha value is -0.770. The van der Waals surface area contributed by atoms with E-state index >= 15 is 0 Å². The van der Waals surface area contributed by atoms with Gasteiger partial charge in [0, 0.05) is 18.6 Å². The van der Waals surface area contributed by atoms with Crippen LogP contribution in [0.25, 0.3) is 0 Å². The van der Waals surface area contributed by atoms with Crippen LogP contribution in [-0.4, -0.2) is 41.8 Å². The quantitative estimate of drug-likeness (QED) is 0.864. The van der Waals surface area contributed by atoms with Gasteiger partial charge in [0.2, 0.25) is 0 Å². The minimum absolute atomic E-state index is 0.164. The van der Waals surface area contributed by atoms with E-state index < -0.39 is 5.60 Å². The fourth-order valence-electron chi connectivity index (χ4n) is 2.98. The number of carbonyl (C=O) groups is 1. The number of piperidine rings is 1. The lowest BCUT2D eigenvalue weighted by molar-refractivity contribution is 0.00913. The predicted molar refractivity (Wildman–Crippen MR) is 80.8 cm³/mol. The van der Waals surface area contributed by atoms with Crippen LogP contribution in [-0.2, 0) is 4.74 Å². The fourth-order valence-corrected chi connectivity index (χ4v) is 2.98. The first-order valence-electron chi connectivity index (χ1n) is 8.08. The molecule has 2 unspecified atom stereocenters. The zero-order valence-corrected chi connectivity index (χ0v) is 13.4. The van der Waals surface area contributed by atoms with Crippen LogP contribution in [0.15, 0.2) is 0 Å². The molecule has 0 aromatic carbocycles. The van der Waals surface area contributed by atoms with Gasteiger partial charge in [0.1, 0.15) is 5.60 Å². The molecule has 20 heavy (non-hydrogen) atoms. The third-order valence-corrected chi connectivity index (χ3v) is 4.42. The van der Waals surface area contributed by atoms with E-state index in [1.807, 2.05) is 25.7 Å². The summed E-state index contributed by atoms with van der Waals surface area (Å²) >= 11 is 0. The van der Waals surface area contributed by atoms with E-state index in [2.05, 4.69) is 12.2 Å². The summed E-state index contributed by atoms with van der Waals surface area (Å²) in [6.45, 7) is 9.84. The lowest BCUT2D eigenvalue weighted by atomic mass is 9.85. The van der Waals surface area contributed by atoms with E-state index in [1.165, 1.54) is 19.3 Å². The maximum atomic E-state index is 12.1. The molecule has 2 fully saturated rings. The largest absolute Gasteiger partial charge is 0.444 e. The smallest absolute Gasteiger partial charge is 0.410 e. The molecule has 1 aliphatic carbocycles. The lowest BCUT2D eigenvalue weighted by Crippen LogP contribution is -2.51. The van der Waals surface area contributed by atoms with E-state index in [4.69, 9.17) is 4.74 Å². The van der Waals surface area contributed by atoms with Crippen LogP contribution in [0.1, 0.15) is 59.8 Å². The van der Waals surface area contributed by atoms with Gasteiger partial charge in [-0.25, -0.2) is 4.79 Å². The van der Waals surface area contributed by atoms with Crippen molar-refractivity contribution in [3.63, 3.8) is 0 Å². The summed E-state index contributed by atoms with van der Waals surface area (Å²) in [5.74, 6) is 0.897. The molecule has 0 spiro atoms. The van der Waals surface area contributed by atoms with Crippen molar-refractivity contribution in [3.8, 4) is 0 Å². The lowest BCUT2D eigenvalue weighted by Gasteiger charge is -2.39. The van der Waals surface area contributed by atoms with Crippen LogP contribution in [0.2, 0.25) is 0 Å². The zero-order valence-electron chi connectivity index (χ0n) is 13.4. The Kier molecular flexibility index (Phi) is 4.95. The summed E-state index contributed by atoms with van der Waals surface area (Å²) < 4.78 is 5.47. The predicted octanol–water partition coefficient (Wildman–Crippen LogP) is 3.16. The average Bonchev–Trinajstić information content (AvgIpc) is 2.24. The Labute approximate surface area is 123 Å². The van der Waals surface area contributed by atoms with Crippen molar-refractivity contribution in [1.29, 1.82) is 0 Å². The van der Waals surface area contributed by atoms with E-state index in [0.29, 0.717) is 6.04 Å². The van der Waals surface area contributed by atoms with Crippen LogP contribution >= 0.6 is 0 Å². The Bertz CT molecular complexity index is 334. The second-order valence-electron chi connectivity index (χ2n) is 7.45. The minimum Gasteiger partial charge on any atom is -0.444 e. The second-order valence-corrected chi connectivity index (χ2v) is 7.45. The highest BCUT2D eigenvalue weighted by molar-refractivity contribution is 5.68. The van der Waals surface area contributed by atoms with Crippen molar-refractivity contribution >= 4 is 6.09 Å². The molecule has 1 amide bonds. The highest BCUT2D eigenvalue weighted by Gasteiger charge is 2.32. The second kappa shape index (κ2) is 6.33. The van der Waals surface area contributed by atoms with Crippen LogP contribution in [0.3, 0.4) is 0 Å². The van der Waals surface area contributed by atoms with Crippen LogP contribution in [0, 0.1) is 5.92 Å². The van der Waals surface area contributed by atoms with Gasteiger partial charge >= 0.3 is 6.09 Å². The summed E-state index contributed by atoms with van der Waals surface area (Å²) in [7, 11) is 0. The molecule has 116 valence electrons. The summed E-state index contributed by atoms with van der Waals surface area (Å²) in [4.78, 5) is 14.0. The Balaban J connectivity index is 1.74. The molecule has 1 saturated heterocycles. The Morgan fingerprint density at radius 3 is 2.50 bits per heavy atom. The monoisotopic (exact) mass is 282 g/mol. The van der Waals surface area contributed by atoms with Crippen molar-refractivity contribution in [3.05, 3.63) is 0 Å². The van der Waals surface area contributed by atoms with Crippen molar-refractivity contribution in [2.45, 2.75) is 77.5 Å². The fraction of sp³-hybridized carbons (Fsp3) is 0.938. The molecule has 0 radical (unpaired) electrons. The molecule has 0 bridgehead atoms. The summed E-state index contributed by atoms with van der Waals surface area (Å²) in [5, 5.41) is 3.68. The summed E-state index contributed by atoms with van der Waals surface area (Å²) in [5.41, 5.74) is -0.407. The van der Waals surface area contributed by atoms with Gasteiger partial charge in [0.05, 0.1) is 0 Å². The molecular weight excluding hydrogens is 252 g/mol. The molecule has 2 atom stereocenters. The topological polar surface area (TPSA) is 41.6 Å². The number of rotatable bonds is 3. The molecule has 2 rings (SSSR count). The molecule has 1 saturated carbocycles. The van der Waals surface area contributed by atoms with Gasteiger partial charge in [-0.1, -0.05) is 6.42 Å². The molecule has 1 heterocycles. The van der Waals surface area contributed by atoms with Crippen LogP contribution < -0.4 is 5.32 Å². The summed E-state index contributed by atoms with van der Waals surface area (Å²) in [6, 6.07) is 0.821. The van der Waals surface area contributed by atoms with Gasteiger partial charge in [0.25, 0.3) is 0 Å². The molecule has 2 aliphatic rings. The normalized spacial score (nSPS) is 28.1. The molecule has 1 aliphatic heterocycles. The standard InChI is InChI=1S/C16H30N2O2/c1-12-10-14(17-11-13-6-5-7-13)8-9-18(12)15(19)20-16(2,3)4/h12-14,17H,5-11H2,1-4H3. The Morgan fingerprint density at radius 1 is 1.30 bits per heavy atom. The van der Waals surface area contributed by atoms with E-state index in [-0.39, 0.29) is 12.1 Å². The number of nitrogens with zero attached hydrogens (tertiary/aromatic N) is 1. The van der Waals surface area contributed by atoms with Crippen molar-refractivity contribution in [1.82, 2.24) is 10.2 Å². The SMILES string of the molecule is CC1CC(NCC2CCC2)CCN1C(=O)OC(C)(C)C. The third kappa shape index (κ3) is 4.37. The van der Waals surface area contributed by atoms with Gasteiger partial charge in [-0.3, -0.25) is 0 Å². The number of ether oxygens (including phenoxy) is 1. The van der Waals surface area contributed by atoms with Crippen LogP contribution in [0.5, 0.6) is 0 Å². The number of hydrogen-bond donors (Lipinski definition) is 1. The highest BCUT2D eigenvalue weighted by Crippen LogP contribution is 2.26. The first-order valence-corrected chi connectivity index (χ1v) is 8.08. The average molecular weight is 282 g/mol. The van der Waals surface area contributed by atoms with Crippen molar-refractivity contribution in [2.75, 3.05) is 13.1 Å².